The van der Waals surface area contributed by atoms with Gasteiger partial charge in [-0.2, -0.15) is 0 Å². The standard InChI is InChI=1S/C7H13NOS/c1-10-7(8)6-2-4-9-5-3-6/h6,8H,2-5H2,1H3. The van der Waals surface area contributed by atoms with Crippen molar-refractivity contribution in [3.8, 4) is 0 Å². The molecule has 10 heavy (non-hydrogen) atoms. The molecule has 1 fully saturated rings. The van der Waals surface area contributed by atoms with Crippen LogP contribution < -0.4 is 0 Å². The van der Waals surface area contributed by atoms with Crippen molar-refractivity contribution in [1.82, 2.24) is 0 Å². The van der Waals surface area contributed by atoms with Crippen molar-refractivity contribution in [1.29, 1.82) is 5.41 Å². The Hall–Kier alpha value is -0.0200. The molecular formula is C7H13NOS. The molecule has 0 spiro atoms. The molecule has 3 heteroatoms. The largest absolute Gasteiger partial charge is 0.381 e. The molecule has 0 amide bonds. The zero-order valence-electron chi connectivity index (χ0n) is 6.22. The van der Waals surface area contributed by atoms with Crippen LogP contribution in [0.3, 0.4) is 0 Å². The maximum atomic E-state index is 7.54. The van der Waals surface area contributed by atoms with E-state index in [0.717, 1.165) is 31.1 Å². The molecule has 0 atom stereocenters. The summed E-state index contributed by atoms with van der Waals surface area (Å²) in [6.45, 7) is 1.68. The Morgan fingerprint density at radius 1 is 1.50 bits per heavy atom. The second-order valence-electron chi connectivity index (χ2n) is 2.46. The van der Waals surface area contributed by atoms with Crippen LogP contribution in [0.15, 0.2) is 0 Å². The first-order valence-electron chi connectivity index (χ1n) is 3.54. The Kier molecular flexibility index (Phi) is 3.22. The first-order valence-corrected chi connectivity index (χ1v) is 4.77. The Morgan fingerprint density at radius 3 is 2.60 bits per heavy atom. The summed E-state index contributed by atoms with van der Waals surface area (Å²) < 4.78 is 5.19. The third-order valence-corrected chi connectivity index (χ3v) is 2.59. The molecule has 1 aliphatic heterocycles. The van der Waals surface area contributed by atoms with Crippen molar-refractivity contribution in [3.05, 3.63) is 0 Å². The van der Waals surface area contributed by atoms with Crippen LogP contribution >= 0.6 is 11.8 Å². The predicted molar refractivity (Wildman–Crippen MR) is 44.8 cm³/mol. The van der Waals surface area contributed by atoms with Crippen LogP contribution in [0.1, 0.15) is 12.8 Å². The van der Waals surface area contributed by atoms with Crippen molar-refractivity contribution >= 4 is 16.8 Å². The normalized spacial score (nSPS) is 20.9. The summed E-state index contributed by atoms with van der Waals surface area (Å²) in [7, 11) is 0. The zero-order valence-corrected chi connectivity index (χ0v) is 7.04. The lowest BCUT2D eigenvalue weighted by atomic mass is 10.0. The maximum Gasteiger partial charge on any atom is 0.0671 e. The summed E-state index contributed by atoms with van der Waals surface area (Å²) in [5.74, 6) is 0.490. The molecular weight excluding hydrogens is 146 g/mol. The van der Waals surface area contributed by atoms with E-state index in [9.17, 15) is 0 Å². The highest BCUT2D eigenvalue weighted by atomic mass is 32.2. The van der Waals surface area contributed by atoms with Gasteiger partial charge in [0.05, 0.1) is 5.04 Å². The van der Waals surface area contributed by atoms with Gasteiger partial charge in [0.25, 0.3) is 0 Å². The van der Waals surface area contributed by atoms with E-state index in [4.69, 9.17) is 10.1 Å². The van der Waals surface area contributed by atoms with Crippen molar-refractivity contribution in [3.63, 3.8) is 0 Å². The van der Waals surface area contributed by atoms with Gasteiger partial charge in [-0.1, -0.05) is 0 Å². The van der Waals surface area contributed by atoms with Crippen molar-refractivity contribution in [2.75, 3.05) is 19.5 Å². The fourth-order valence-electron chi connectivity index (χ4n) is 1.13. The van der Waals surface area contributed by atoms with Crippen molar-refractivity contribution in [2.24, 2.45) is 5.92 Å². The minimum atomic E-state index is 0.490. The predicted octanol–water partition coefficient (Wildman–Crippen LogP) is 1.75. The average Bonchev–Trinajstić information content (AvgIpc) is 2.05. The minimum absolute atomic E-state index is 0.490. The zero-order chi connectivity index (χ0) is 7.40. The molecule has 1 heterocycles. The average molecular weight is 159 g/mol. The highest BCUT2D eigenvalue weighted by Crippen LogP contribution is 2.20. The fraction of sp³-hybridized carbons (Fsp3) is 0.857. The smallest absolute Gasteiger partial charge is 0.0671 e. The van der Waals surface area contributed by atoms with E-state index in [1.54, 1.807) is 11.8 Å². The lowest BCUT2D eigenvalue weighted by Crippen LogP contribution is -2.20. The number of rotatable bonds is 1. The number of hydrogen-bond acceptors (Lipinski definition) is 3. The van der Waals surface area contributed by atoms with Gasteiger partial charge in [-0.05, 0) is 19.1 Å². The van der Waals surface area contributed by atoms with Gasteiger partial charge in [0, 0.05) is 19.1 Å². The van der Waals surface area contributed by atoms with Crippen LogP contribution in [-0.2, 0) is 4.74 Å². The van der Waals surface area contributed by atoms with Crippen LogP contribution in [-0.4, -0.2) is 24.5 Å². The van der Waals surface area contributed by atoms with E-state index < -0.39 is 0 Å². The molecule has 0 radical (unpaired) electrons. The molecule has 1 N–H and O–H groups in total. The van der Waals surface area contributed by atoms with Gasteiger partial charge in [0.2, 0.25) is 0 Å². The van der Waals surface area contributed by atoms with Crippen molar-refractivity contribution in [2.45, 2.75) is 12.8 Å². The first-order chi connectivity index (χ1) is 4.84. The lowest BCUT2D eigenvalue weighted by molar-refractivity contribution is 0.0833. The summed E-state index contributed by atoms with van der Waals surface area (Å²) in [5.41, 5.74) is 0. The topological polar surface area (TPSA) is 33.1 Å². The fourth-order valence-corrected chi connectivity index (χ4v) is 1.70. The minimum Gasteiger partial charge on any atom is -0.381 e. The summed E-state index contributed by atoms with van der Waals surface area (Å²) in [4.78, 5) is 0. The lowest BCUT2D eigenvalue weighted by Gasteiger charge is -2.21. The molecule has 0 aromatic rings. The SMILES string of the molecule is CSC(=N)C1CCOCC1. The number of ether oxygens (including phenoxy) is 1. The molecule has 1 saturated heterocycles. The van der Waals surface area contributed by atoms with Crippen LogP contribution in [0.25, 0.3) is 0 Å². The second-order valence-corrected chi connectivity index (χ2v) is 3.30. The van der Waals surface area contributed by atoms with Crippen molar-refractivity contribution < 1.29 is 4.74 Å². The summed E-state index contributed by atoms with van der Waals surface area (Å²) >= 11 is 1.56. The summed E-state index contributed by atoms with van der Waals surface area (Å²) in [5, 5.41) is 8.36. The number of thioether (sulfide) groups is 1. The Bertz CT molecular complexity index is 121. The monoisotopic (exact) mass is 159 g/mol. The maximum absolute atomic E-state index is 7.54. The highest BCUT2D eigenvalue weighted by Gasteiger charge is 2.17. The van der Waals surface area contributed by atoms with Gasteiger partial charge >= 0.3 is 0 Å². The molecule has 0 unspecified atom stereocenters. The first kappa shape index (κ1) is 8.08. The van der Waals surface area contributed by atoms with E-state index in [-0.39, 0.29) is 0 Å². The summed E-state index contributed by atoms with van der Waals surface area (Å²) in [6.07, 6.45) is 4.05. The Balaban J connectivity index is 2.31. The summed E-state index contributed by atoms with van der Waals surface area (Å²) in [6, 6.07) is 0. The molecule has 0 saturated carbocycles. The van der Waals surface area contributed by atoms with Crippen LogP contribution in [0.5, 0.6) is 0 Å². The van der Waals surface area contributed by atoms with E-state index in [2.05, 4.69) is 0 Å². The molecule has 0 aliphatic carbocycles. The molecule has 0 aromatic heterocycles. The molecule has 0 aromatic carbocycles. The van der Waals surface area contributed by atoms with Gasteiger partial charge in [-0.3, -0.25) is 5.41 Å². The number of hydrogen-bond donors (Lipinski definition) is 1. The molecule has 2 nitrogen and oxygen atoms in total. The quantitative estimate of drug-likeness (QED) is 0.467. The van der Waals surface area contributed by atoms with E-state index >= 15 is 0 Å². The van der Waals surface area contributed by atoms with Crippen LogP contribution in [0.2, 0.25) is 0 Å². The molecule has 0 bridgehead atoms. The van der Waals surface area contributed by atoms with Gasteiger partial charge in [-0.25, -0.2) is 0 Å². The van der Waals surface area contributed by atoms with Gasteiger partial charge in [0.15, 0.2) is 0 Å². The van der Waals surface area contributed by atoms with E-state index in [1.165, 1.54) is 0 Å². The van der Waals surface area contributed by atoms with E-state index in [1.807, 2.05) is 6.26 Å². The van der Waals surface area contributed by atoms with E-state index in [0.29, 0.717) is 5.92 Å². The molecule has 58 valence electrons. The van der Waals surface area contributed by atoms with Gasteiger partial charge < -0.3 is 4.74 Å². The van der Waals surface area contributed by atoms with Crippen LogP contribution in [0.4, 0.5) is 0 Å². The second kappa shape index (κ2) is 3.98. The van der Waals surface area contributed by atoms with Gasteiger partial charge in [0.1, 0.15) is 0 Å². The number of nitrogens with one attached hydrogen (secondary N) is 1. The van der Waals surface area contributed by atoms with Gasteiger partial charge in [-0.15, -0.1) is 11.8 Å². The van der Waals surface area contributed by atoms with Crippen LogP contribution in [0, 0.1) is 11.3 Å². The molecule has 1 rings (SSSR count). The Morgan fingerprint density at radius 2 is 2.10 bits per heavy atom. The highest BCUT2D eigenvalue weighted by molar-refractivity contribution is 8.13. The molecule has 1 aliphatic rings. The third kappa shape index (κ3) is 1.99. The Labute approximate surface area is 65.8 Å². The third-order valence-electron chi connectivity index (χ3n) is 1.81.